The van der Waals surface area contributed by atoms with Crippen LogP contribution in [0.2, 0.25) is 0 Å². The van der Waals surface area contributed by atoms with E-state index in [0.29, 0.717) is 18.2 Å². The maximum absolute atomic E-state index is 10.3. The number of ether oxygens (including phenoxy) is 1. The smallest absolute Gasteiger partial charge is 0.283 e. The highest BCUT2D eigenvalue weighted by atomic mass is 16.6. The monoisotopic (exact) mass is 336 g/mol. The fourth-order valence-corrected chi connectivity index (χ4v) is 1.50. The number of benzene rings is 2. The van der Waals surface area contributed by atoms with E-state index in [9.17, 15) is 30.3 Å². The van der Waals surface area contributed by atoms with Crippen LogP contribution in [0.1, 0.15) is 0 Å². The summed E-state index contributed by atoms with van der Waals surface area (Å²) in [5.41, 5.74) is 4.13. The Morgan fingerprint density at radius 2 is 1.12 bits per heavy atom. The number of nitro groups is 3. The minimum absolute atomic E-state index is 0.660. The molecule has 0 saturated heterocycles. The van der Waals surface area contributed by atoms with E-state index >= 15 is 0 Å². The van der Waals surface area contributed by atoms with Crippen molar-refractivity contribution in [2.24, 2.45) is 0 Å². The van der Waals surface area contributed by atoms with E-state index in [1.165, 1.54) is 0 Å². The van der Waals surface area contributed by atoms with Gasteiger partial charge in [0.1, 0.15) is 5.75 Å². The highest BCUT2D eigenvalue weighted by Gasteiger charge is 2.21. The van der Waals surface area contributed by atoms with Gasteiger partial charge < -0.3 is 10.5 Å². The Balaban J connectivity index is 0.000000272. The molecule has 2 N–H and O–H groups in total. The number of non-ortho nitro benzene ring substituents is 3. The zero-order valence-electron chi connectivity index (χ0n) is 12.3. The molecule has 11 heteroatoms. The Kier molecular flexibility index (Phi) is 6.12. The number of hydrogen-bond donors (Lipinski definition) is 1. The van der Waals surface area contributed by atoms with E-state index in [1.807, 2.05) is 12.1 Å². The summed E-state index contributed by atoms with van der Waals surface area (Å²) in [5.74, 6) is 0.837. The van der Waals surface area contributed by atoms with Crippen molar-refractivity contribution < 1.29 is 19.5 Å². The van der Waals surface area contributed by atoms with Crippen LogP contribution in [0.25, 0.3) is 0 Å². The number of hydrogen-bond acceptors (Lipinski definition) is 8. The van der Waals surface area contributed by atoms with Gasteiger partial charge in [0, 0.05) is 5.69 Å². The maximum Gasteiger partial charge on any atom is 0.283 e. The van der Waals surface area contributed by atoms with Gasteiger partial charge in [0.05, 0.1) is 40.1 Å². The van der Waals surface area contributed by atoms with Gasteiger partial charge in [0.15, 0.2) is 0 Å². The van der Waals surface area contributed by atoms with Crippen LogP contribution in [0.4, 0.5) is 22.7 Å². The summed E-state index contributed by atoms with van der Waals surface area (Å²) in [6.07, 6.45) is 0. The van der Waals surface area contributed by atoms with Gasteiger partial charge >= 0.3 is 0 Å². The van der Waals surface area contributed by atoms with Crippen LogP contribution in [0.5, 0.6) is 5.75 Å². The molecule has 0 aromatic heterocycles. The molecule has 0 heterocycles. The summed E-state index contributed by atoms with van der Waals surface area (Å²) >= 11 is 0. The molecular formula is C13H12N4O7. The summed E-state index contributed by atoms with van der Waals surface area (Å²) < 4.78 is 4.91. The number of rotatable bonds is 4. The minimum Gasteiger partial charge on any atom is -0.497 e. The first-order chi connectivity index (χ1) is 11.2. The van der Waals surface area contributed by atoms with Crippen LogP contribution < -0.4 is 10.5 Å². The zero-order chi connectivity index (χ0) is 18.3. The molecule has 0 saturated carbocycles. The lowest BCUT2D eigenvalue weighted by molar-refractivity contribution is -0.403. The summed E-state index contributed by atoms with van der Waals surface area (Å²) in [7, 11) is 1.63. The molecule has 2 rings (SSSR count). The van der Waals surface area contributed by atoms with Gasteiger partial charge in [-0.25, -0.2) is 0 Å². The normalized spacial score (nSPS) is 9.38. The number of nitro benzene ring substituents is 3. The van der Waals surface area contributed by atoms with E-state index in [1.54, 1.807) is 19.2 Å². The third-order valence-electron chi connectivity index (χ3n) is 2.64. The molecule has 24 heavy (non-hydrogen) atoms. The van der Waals surface area contributed by atoms with E-state index in [4.69, 9.17) is 10.5 Å². The molecule has 2 aromatic carbocycles. The van der Waals surface area contributed by atoms with Crippen LogP contribution in [-0.2, 0) is 0 Å². The Hall–Kier alpha value is -3.76. The van der Waals surface area contributed by atoms with Crippen molar-refractivity contribution in [3.8, 4) is 5.75 Å². The van der Waals surface area contributed by atoms with Crippen LogP contribution >= 0.6 is 0 Å². The second kappa shape index (κ2) is 8.03. The second-order valence-electron chi connectivity index (χ2n) is 4.25. The fourth-order valence-electron chi connectivity index (χ4n) is 1.50. The molecule has 126 valence electrons. The minimum atomic E-state index is -0.931. The number of anilines is 1. The van der Waals surface area contributed by atoms with Crippen LogP contribution in [0.3, 0.4) is 0 Å². The SMILES string of the molecule is COc1ccc(N)cc1.O=[N+]([O-])c1cc([N+](=O)[O-])cc([N+](=O)[O-])c1. The van der Waals surface area contributed by atoms with Crippen molar-refractivity contribution in [2.45, 2.75) is 0 Å². The Labute approximate surface area is 134 Å². The molecule has 2 aromatic rings. The molecule has 0 fully saturated rings. The number of nitrogens with two attached hydrogens (primary N) is 1. The predicted molar refractivity (Wildman–Crippen MR) is 83.8 cm³/mol. The van der Waals surface area contributed by atoms with E-state index < -0.39 is 31.8 Å². The molecule has 0 aliphatic carbocycles. The van der Waals surface area contributed by atoms with E-state index in [-0.39, 0.29) is 0 Å². The molecule has 11 nitrogen and oxygen atoms in total. The molecule has 0 amide bonds. The average Bonchev–Trinajstić information content (AvgIpc) is 2.55. The van der Waals surface area contributed by atoms with Gasteiger partial charge in [-0.1, -0.05) is 0 Å². The lowest BCUT2D eigenvalue weighted by atomic mass is 10.2. The Bertz CT molecular complexity index is 682. The first kappa shape index (κ1) is 18.3. The van der Waals surface area contributed by atoms with Crippen molar-refractivity contribution in [1.82, 2.24) is 0 Å². The standard InChI is InChI=1S/C7H9NO.C6H3N3O6/c1-9-7-4-2-6(8)3-5-7;10-7(11)4-1-5(8(12)13)3-6(2-4)9(14)15/h2-5H,8H2,1H3;1-3H. The van der Waals surface area contributed by atoms with Crippen molar-refractivity contribution >= 4 is 22.7 Å². The quantitative estimate of drug-likeness (QED) is 0.505. The van der Waals surface area contributed by atoms with Gasteiger partial charge in [-0.05, 0) is 24.3 Å². The fraction of sp³-hybridized carbons (Fsp3) is 0.0769. The first-order valence-corrected chi connectivity index (χ1v) is 6.22. The highest BCUT2D eigenvalue weighted by molar-refractivity contribution is 5.52. The van der Waals surface area contributed by atoms with Gasteiger partial charge in [-0.15, -0.1) is 0 Å². The third kappa shape index (κ3) is 5.22. The van der Waals surface area contributed by atoms with Crippen LogP contribution in [-0.4, -0.2) is 21.9 Å². The van der Waals surface area contributed by atoms with E-state index in [2.05, 4.69) is 0 Å². The lowest BCUT2D eigenvalue weighted by Gasteiger charge is -1.97. The summed E-state index contributed by atoms with van der Waals surface area (Å²) in [6.45, 7) is 0. The van der Waals surface area contributed by atoms with Crippen molar-refractivity contribution in [2.75, 3.05) is 12.8 Å². The number of nitrogens with zero attached hydrogens (tertiary/aromatic N) is 3. The zero-order valence-corrected chi connectivity index (χ0v) is 12.3. The number of nitrogen functional groups attached to an aromatic ring is 1. The van der Waals surface area contributed by atoms with Gasteiger partial charge in [0.2, 0.25) is 0 Å². The molecule has 0 spiro atoms. The van der Waals surface area contributed by atoms with Crippen molar-refractivity contribution in [1.29, 1.82) is 0 Å². The topological polar surface area (TPSA) is 165 Å². The van der Waals surface area contributed by atoms with E-state index in [0.717, 1.165) is 11.4 Å². The van der Waals surface area contributed by atoms with Crippen LogP contribution in [0, 0.1) is 30.3 Å². The summed E-state index contributed by atoms with van der Waals surface area (Å²) in [4.78, 5) is 28.1. The van der Waals surface area contributed by atoms with Crippen molar-refractivity contribution in [3.05, 3.63) is 72.8 Å². The molecule has 0 aliphatic rings. The van der Waals surface area contributed by atoms with Crippen LogP contribution in [0.15, 0.2) is 42.5 Å². The molecule has 0 atom stereocenters. The first-order valence-electron chi connectivity index (χ1n) is 6.22. The number of methoxy groups -OCH3 is 1. The summed E-state index contributed by atoms with van der Waals surface area (Å²) in [5, 5.41) is 30.9. The lowest BCUT2D eigenvalue weighted by Crippen LogP contribution is -1.96. The largest absolute Gasteiger partial charge is 0.497 e. The van der Waals surface area contributed by atoms with Gasteiger partial charge in [-0.3, -0.25) is 30.3 Å². The predicted octanol–water partition coefficient (Wildman–Crippen LogP) is 2.69. The van der Waals surface area contributed by atoms with Gasteiger partial charge in [0.25, 0.3) is 17.1 Å². The molecule has 0 unspecified atom stereocenters. The molecular weight excluding hydrogens is 324 g/mol. The Morgan fingerprint density at radius 1 is 0.792 bits per heavy atom. The van der Waals surface area contributed by atoms with Crippen molar-refractivity contribution in [3.63, 3.8) is 0 Å². The Morgan fingerprint density at radius 3 is 1.38 bits per heavy atom. The third-order valence-corrected chi connectivity index (χ3v) is 2.64. The highest BCUT2D eigenvalue weighted by Crippen LogP contribution is 2.26. The molecule has 0 aliphatic heterocycles. The molecule has 0 bridgehead atoms. The summed E-state index contributed by atoms with van der Waals surface area (Å²) in [6, 6.07) is 9.25. The second-order valence-corrected chi connectivity index (χ2v) is 4.25. The average molecular weight is 336 g/mol. The molecule has 0 radical (unpaired) electrons. The maximum atomic E-state index is 10.3. The van der Waals surface area contributed by atoms with Gasteiger partial charge in [-0.2, -0.15) is 0 Å².